The quantitative estimate of drug-likeness (QED) is 0.467. The van der Waals surface area contributed by atoms with Crippen molar-refractivity contribution < 1.29 is 4.79 Å². The van der Waals surface area contributed by atoms with E-state index < -0.39 is 0 Å². The molecule has 1 unspecified atom stereocenters. The summed E-state index contributed by atoms with van der Waals surface area (Å²) in [5.41, 5.74) is 5.30. The van der Waals surface area contributed by atoms with Gasteiger partial charge in [0.25, 0.3) is 5.78 Å². The third-order valence-corrected chi connectivity index (χ3v) is 6.39. The maximum absolute atomic E-state index is 12.8. The van der Waals surface area contributed by atoms with Crippen LogP contribution >= 0.6 is 11.8 Å². The zero-order valence-electron chi connectivity index (χ0n) is 16.1. The first-order valence-electron chi connectivity index (χ1n) is 9.69. The van der Waals surface area contributed by atoms with Crippen molar-refractivity contribution in [1.82, 2.24) is 19.6 Å². The minimum atomic E-state index is 0.124. The highest BCUT2D eigenvalue weighted by Crippen LogP contribution is 2.33. The number of ketones is 1. The SMILES string of the molecule is Cc1ccccc1CSc1nc2ncc3c(n2n1)CC(c1ccccc1)CC3=O. The van der Waals surface area contributed by atoms with Gasteiger partial charge in [0.15, 0.2) is 5.78 Å². The van der Waals surface area contributed by atoms with Gasteiger partial charge in [-0.15, -0.1) is 5.10 Å². The molecule has 2 aromatic heterocycles. The van der Waals surface area contributed by atoms with Crippen LogP contribution in [0.1, 0.15) is 45.1 Å². The first kappa shape index (κ1) is 18.1. The van der Waals surface area contributed by atoms with Crippen molar-refractivity contribution in [3.63, 3.8) is 0 Å². The van der Waals surface area contributed by atoms with E-state index in [1.54, 1.807) is 22.5 Å². The summed E-state index contributed by atoms with van der Waals surface area (Å²) in [5, 5.41) is 5.37. The van der Waals surface area contributed by atoms with E-state index >= 15 is 0 Å². The first-order valence-corrected chi connectivity index (χ1v) is 10.7. The van der Waals surface area contributed by atoms with Crippen LogP contribution in [-0.4, -0.2) is 25.4 Å². The molecule has 5 nitrogen and oxygen atoms in total. The number of aryl methyl sites for hydroxylation is 1. The Hall–Kier alpha value is -2.99. The number of carbonyl (C=O) groups excluding carboxylic acids is 1. The molecule has 5 rings (SSSR count). The zero-order valence-corrected chi connectivity index (χ0v) is 16.9. The molecule has 0 N–H and O–H groups in total. The van der Waals surface area contributed by atoms with Crippen molar-refractivity contribution in [2.75, 3.05) is 0 Å². The largest absolute Gasteiger partial charge is 0.294 e. The third kappa shape index (κ3) is 3.44. The molecule has 0 spiro atoms. The smallest absolute Gasteiger partial charge is 0.253 e. The number of benzene rings is 2. The summed E-state index contributed by atoms with van der Waals surface area (Å²) in [6.45, 7) is 2.11. The fourth-order valence-corrected chi connectivity index (χ4v) is 4.76. The molecule has 0 bridgehead atoms. The van der Waals surface area contributed by atoms with E-state index in [0.717, 1.165) is 17.9 Å². The molecular formula is C23H20N4OS. The monoisotopic (exact) mass is 400 g/mol. The van der Waals surface area contributed by atoms with Crippen LogP contribution in [0.3, 0.4) is 0 Å². The number of rotatable bonds is 4. The summed E-state index contributed by atoms with van der Waals surface area (Å²) >= 11 is 1.59. The molecule has 0 saturated heterocycles. The number of aromatic nitrogens is 4. The van der Waals surface area contributed by atoms with Gasteiger partial charge < -0.3 is 0 Å². The molecule has 1 atom stereocenters. The lowest BCUT2D eigenvalue weighted by molar-refractivity contribution is 0.0962. The highest BCUT2D eigenvalue weighted by atomic mass is 32.2. The lowest BCUT2D eigenvalue weighted by atomic mass is 9.82. The Morgan fingerprint density at radius 1 is 1.07 bits per heavy atom. The maximum atomic E-state index is 12.8. The van der Waals surface area contributed by atoms with E-state index in [1.165, 1.54) is 16.7 Å². The van der Waals surface area contributed by atoms with Gasteiger partial charge in [0.05, 0.1) is 11.3 Å². The summed E-state index contributed by atoms with van der Waals surface area (Å²) in [6.07, 6.45) is 2.93. The van der Waals surface area contributed by atoms with Crippen LogP contribution in [0.25, 0.3) is 5.78 Å². The number of carbonyl (C=O) groups is 1. The number of Topliss-reactive ketones (excluding diaryl/α,β-unsaturated/α-hetero) is 1. The Bertz CT molecular complexity index is 1200. The highest BCUT2D eigenvalue weighted by Gasteiger charge is 2.29. The molecule has 1 aliphatic carbocycles. The molecule has 0 amide bonds. The number of fused-ring (bicyclic) bond motifs is 3. The molecule has 2 aromatic carbocycles. The molecule has 0 radical (unpaired) electrons. The minimum absolute atomic E-state index is 0.124. The summed E-state index contributed by atoms with van der Waals surface area (Å²) < 4.78 is 1.77. The molecule has 4 aromatic rings. The summed E-state index contributed by atoms with van der Waals surface area (Å²) in [4.78, 5) is 21.7. The second-order valence-electron chi connectivity index (χ2n) is 7.38. The van der Waals surface area contributed by atoms with E-state index in [9.17, 15) is 4.79 Å². The third-order valence-electron chi connectivity index (χ3n) is 5.51. The van der Waals surface area contributed by atoms with E-state index in [4.69, 9.17) is 0 Å². The second-order valence-corrected chi connectivity index (χ2v) is 8.32. The van der Waals surface area contributed by atoms with Gasteiger partial charge in [0, 0.05) is 18.4 Å². The number of hydrogen-bond acceptors (Lipinski definition) is 5. The Morgan fingerprint density at radius 2 is 1.86 bits per heavy atom. The first-order chi connectivity index (χ1) is 14.2. The summed E-state index contributed by atoms with van der Waals surface area (Å²) in [6, 6.07) is 18.6. The average Bonchev–Trinajstić information content (AvgIpc) is 3.17. The Labute approximate surface area is 173 Å². The van der Waals surface area contributed by atoms with Crippen molar-refractivity contribution in [1.29, 1.82) is 0 Å². The van der Waals surface area contributed by atoms with E-state index in [-0.39, 0.29) is 11.7 Å². The van der Waals surface area contributed by atoms with Crippen LogP contribution in [0.4, 0.5) is 0 Å². The maximum Gasteiger partial charge on any atom is 0.253 e. The fourth-order valence-electron chi connectivity index (χ4n) is 3.87. The standard InChI is InChI=1S/C23H20N4OS/c1-15-7-5-6-10-17(15)14-29-23-25-22-24-13-19-20(27(22)26-23)11-18(12-21(19)28)16-8-3-2-4-9-16/h2-10,13,18H,11-12,14H2,1H3. The molecule has 6 heteroatoms. The van der Waals surface area contributed by atoms with Gasteiger partial charge in [-0.25, -0.2) is 4.98 Å². The van der Waals surface area contributed by atoms with Crippen LogP contribution in [-0.2, 0) is 12.2 Å². The normalized spacial score (nSPS) is 16.2. The summed E-state index contributed by atoms with van der Waals surface area (Å²) in [7, 11) is 0. The molecule has 1 aliphatic rings. The van der Waals surface area contributed by atoms with Crippen molar-refractivity contribution in [3.8, 4) is 0 Å². The minimum Gasteiger partial charge on any atom is -0.294 e. The Balaban J connectivity index is 1.47. The molecule has 2 heterocycles. The van der Waals surface area contributed by atoms with Crippen molar-refractivity contribution in [2.45, 2.75) is 36.6 Å². The zero-order chi connectivity index (χ0) is 19.8. The van der Waals surface area contributed by atoms with E-state index in [2.05, 4.69) is 46.3 Å². The Morgan fingerprint density at radius 3 is 2.69 bits per heavy atom. The van der Waals surface area contributed by atoms with Gasteiger partial charge in [-0.3, -0.25) is 4.79 Å². The van der Waals surface area contributed by atoms with E-state index in [0.29, 0.717) is 22.9 Å². The molecule has 29 heavy (non-hydrogen) atoms. The van der Waals surface area contributed by atoms with Crippen LogP contribution < -0.4 is 0 Å². The molecule has 0 fully saturated rings. The number of hydrogen-bond donors (Lipinski definition) is 0. The van der Waals surface area contributed by atoms with Gasteiger partial charge >= 0.3 is 0 Å². The van der Waals surface area contributed by atoms with Crippen molar-refractivity contribution in [3.05, 3.63) is 88.7 Å². The summed E-state index contributed by atoms with van der Waals surface area (Å²) in [5.74, 6) is 1.64. The highest BCUT2D eigenvalue weighted by molar-refractivity contribution is 7.98. The van der Waals surface area contributed by atoms with Gasteiger partial charge in [-0.1, -0.05) is 66.4 Å². The topological polar surface area (TPSA) is 60.1 Å². The van der Waals surface area contributed by atoms with Crippen LogP contribution in [0.5, 0.6) is 0 Å². The van der Waals surface area contributed by atoms with Gasteiger partial charge in [0.1, 0.15) is 0 Å². The molecule has 0 aliphatic heterocycles. The van der Waals surface area contributed by atoms with Crippen LogP contribution in [0.2, 0.25) is 0 Å². The average molecular weight is 401 g/mol. The Kier molecular flexibility index (Phi) is 4.64. The van der Waals surface area contributed by atoms with Crippen molar-refractivity contribution in [2.24, 2.45) is 0 Å². The number of nitrogens with zero attached hydrogens (tertiary/aromatic N) is 4. The number of thioether (sulfide) groups is 1. The lowest BCUT2D eigenvalue weighted by Crippen LogP contribution is -2.22. The van der Waals surface area contributed by atoms with Crippen LogP contribution in [0.15, 0.2) is 66.0 Å². The van der Waals surface area contributed by atoms with Crippen molar-refractivity contribution >= 4 is 23.3 Å². The van der Waals surface area contributed by atoms with Gasteiger partial charge in [0.2, 0.25) is 5.16 Å². The lowest BCUT2D eigenvalue weighted by Gasteiger charge is -2.23. The predicted molar refractivity (Wildman–Crippen MR) is 113 cm³/mol. The van der Waals surface area contributed by atoms with Gasteiger partial charge in [-0.05, 0) is 36.0 Å². The molecular weight excluding hydrogens is 380 g/mol. The van der Waals surface area contributed by atoms with E-state index in [1.807, 2.05) is 30.3 Å². The van der Waals surface area contributed by atoms with Crippen LogP contribution in [0, 0.1) is 6.92 Å². The van der Waals surface area contributed by atoms with Gasteiger partial charge in [-0.2, -0.15) is 9.50 Å². The fraction of sp³-hybridized carbons (Fsp3) is 0.217. The molecule has 0 saturated carbocycles. The second kappa shape index (κ2) is 7.44. The predicted octanol–water partition coefficient (Wildman–Crippen LogP) is 4.64. The molecule has 144 valence electrons.